The van der Waals surface area contributed by atoms with Gasteiger partial charge in [-0.15, -0.1) is 0 Å². The van der Waals surface area contributed by atoms with Crippen LogP contribution in [0.2, 0.25) is 0 Å². The van der Waals surface area contributed by atoms with Crippen molar-refractivity contribution in [3.63, 3.8) is 0 Å². The van der Waals surface area contributed by atoms with Crippen LogP contribution in [0.3, 0.4) is 0 Å². The Morgan fingerprint density at radius 1 is 1.27 bits per heavy atom. The molecule has 1 fully saturated rings. The topological polar surface area (TPSA) is 21.3 Å². The highest BCUT2D eigenvalue weighted by Gasteiger charge is 2.33. The van der Waals surface area contributed by atoms with E-state index in [0.29, 0.717) is 5.41 Å². The highest BCUT2D eigenvalue weighted by Crippen LogP contribution is 2.28. The summed E-state index contributed by atoms with van der Waals surface area (Å²) >= 11 is 0. The molecule has 0 saturated carbocycles. The fourth-order valence-electron chi connectivity index (χ4n) is 1.95. The molecule has 0 aliphatic carbocycles. The van der Waals surface area contributed by atoms with Crippen molar-refractivity contribution in [3.8, 4) is 0 Å². The van der Waals surface area contributed by atoms with Gasteiger partial charge in [-0.2, -0.15) is 0 Å². The Morgan fingerprint density at radius 3 is 2.33 bits per heavy atom. The summed E-state index contributed by atoms with van der Waals surface area (Å²) in [5, 5.41) is 3.54. The summed E-state index contributed by atoms with van der Waals surface area (Å²) in [7, 11) is 0. The number of hydrogen-bond donors (Lipinski definition) is 1. The average Bonchev–Trinajstić information content (AvgIpc) is 2.14. The predicted molar refractivity (Wildman–Crippen MR) is 63.3 cm³/mol. The summed E-state index contributed by atoms with van der Waals surface area (Å²) < 4.78 is 5.25. The highest BCUT2D eigenvalue weighted by atomic mass is 16.5. The molecule has 1 heterocycles. The van der Waals surface area contributed by atoms with Crippen molar-refractivity contribution in [3.05, 3.63) is 29.3 Å². The van der Waals surface area contributed by atoms with Gasteiger partial charge in [0.1, 0.15) is 0 Å². The van der Waals surface area contributed by atoms with Crippen molar-refractivity contribution < 1.29 is 4.74 Å². The van der Waals surface area contributed by atoms with Gasteiger partial charge in [-0.05, 0) is 25.0 Å². The Balaban J connectivity index is 2.04. The molecule has 0 atom stereocenters. The van der Waals surface area contributed by atoms with Crippen molar-refractivity contribution >= 4 is 5.69 Å². The number of rotatable bonds is 3. The van der Waals surface area contributed by atoms with Gasteiger partial charge < -0.3 is 10.1 Å². The minimum absolute atomic E-state index is 0.328. The lowest BCUT2D eigenvalue weighted by molar-refractivity contribution is -0.0924. The van der Waals surface area contributed by atoms with Crippen LogP contribution in [-0.2, 0) is 4.74 Å². The molecule has 0 spiro atoms. The first kappa shape index (κ1) is 10.5. The first-order valence-corrected chi connectivity index (χ1v) is 5.49. The molecule has 2 heteroatoms. The molecular weight excluding hydrogens is 186 g/mol. The average molecular weight is 205 g/mol. The molecule has 0 amide bonds. The van der Waals surface area contributed by atoms with Crippen LogP contribution >= 0.6 is 0 Å². The molecule has 0 unspecified atom stereocenters. The molecule has 2 rings (SSSR count). The van der Waals surface area contributed by atoms with Gasteiger partial charge in [0, 0.05) is 17.6 Å². The van der Waals surface area contributed by atoms with Gasteiger partial charge in [-0.1, -0.05) is 25.1 Å². The summed E-state index contributed by atoms with van der Waals surface area (Å²) in [6.07, 6.45) is 0. The zero-order valence-electron chi connectivity index (χ0n) is 9.76. The van der Waals surface area contributed by atoms with Gasteiger partial charge >= 0.3 is 0 Å². The van der Waals surface area contributed by atoms with Gasteiger partial charge in [-0.25, -0.2) is 0 Å². The van der Waals surface area contributed by atoms with Gasteiger partial charge in [0.25, 0.3) is 0 Å². The van der Waals surface area contributed by atoms with E-state index in [-0.39, 0.29) is 0 Å². The molecular formula is C13H19NO. The molecule has 1 aliphatic rings. The lowest BCUT2D eigenvalue weighted by atomic mass is 9.88. The summed E-state index contributed by atoms with van der Waals surface area (Å²) in [5.41, 5.74) is 4.25. The number of aryl methyl sites for hydroxylation is 2. The van der Waals surface area contributed by atoms with E-state index in [0.717, 1.165) is 19.8 Å². The smallest absolute Gasteiger partial charge is 0.0559 e. The monoisotopic (exact) mass is 205 g/mol. The third-order valence-electron chi connectivity index (χ3n) is 3.07. The van der Waals surface area contributed by atoms with E-state index >= 15 is 0 Å². The third kappa shape index (κ3) is 2.15. The molecule has 1 N–H and O–H groups in total. The number of para-hydroxylation sites is 1. The van der Waals surface area contributed by atoms with Gasteiger partial charge in [0.15, 0.2) is 0 Å². The van der Waals surface area contributed by atoms with Crippen LogP contribution in [0.1, 0.15) is 18.1 Å². The first-order chi connectivity index (χ1) is 7.11. The van der Waals surface area contributed by atoms with Crippen LogP contribution in [0.5, 0.6) is 0 Å². The van der Waals surface area contributed by atoms with Crippen molar-refractivity contribution in [2.75, 3.05) is 25.1 Å². The second-order valence-corrected chi connectivity index (χ2v) is 4.92. The van der Waals surface area contributed by atoms with Gasteiger partial charge in [0.2, 0.25) is 0 Å². The second kappa shape index (κ2) is 3.86. The zero-order valence-corrected chi connectivity index (χ0v) is 9.76. The van der Waals surface area contributed by atoms with Crippen molar-refractivity contribution in [1.29, 1.82) is 0 Å². The third-order valence-corrected chi connectivity index (χ3v) is 3.07. The molecule has 1 aliphatic heterocycles. The first-order valence-electron chi connectivity index (χ1n) is 5.49. The number of ether oxygens (including phenoxy) is 1. The minimum atomic E-state index is 0.328. The maximum absolute atomic E-state index is 5.25. The molecule has 82 valence electrons. The van der Waals surface area contributed by atoms with E-state index < -0.39 is 0 Å². The van der Waals surface area contributed by atoms with Crippen molar-refractivity contribution in [2.24, 2.45) is 5.41 Å². The molecule has 0 radical (unpaired) electrons. The number of nitrogens with one attached hydrogen (secondary N) is 1. The normalized spacial score (nSPS) is 18.3. The van der Waals surface area contributed by atoms with E-state index in [2.05, 4.69) is 44.3 Å². The molecule has 0 bridgehead atoms. The maximum atomic E-state index is 5.25. The van der Waals surface area contributed by atoms with E-state index in [1.54, 1.807) is 0 Å². The number of benzene rings is 1. The number of anilines is 1. The van der Waals surface area contributed by atoms with Crippen LogP contribution < -0.4 is 5.32 Å². The molecule has 15 heavy (non-hydrogen) atoms. The molecule has 2 nitrogen and oxygen atoms in total. The van der Waals surface area contributed by atoms with Crippen molar-refractivity contribution in [1.82, 2.24) is 0 Å². The van der Waals surface area contributed by atoms with E-state index in [1.165, 1.54) is 16.8 Å². The van der Waals surface area contributed by atoms with Crippen molar-refractivity contribution in [2.45, 2.75) is 20.8 Å². The zero-order chi connectivity index (χ0) is 10.9. The predicted octanol–water partition coefficient (Wildman–Crippen LogP) is 2.75. The highest BCUT2D eigenvalue weighted by molar-refractivity contribution is 5.56. The largest absolute Gasteiger partial charge is 0.384 e. The summed E-state index contributed by atoms with van der Waals surface area (Å²) in [5.74, 6) is 0. The van der Waals surface area contributed by atoms with Gasteiger partial charge in [0.05, 0.1) is 13.2 Å². The second-order valence-electron chi connectivity index (χ2n) is 4.92. The summed E-state index contributed by atoms with van der Waals surface area (Å²) in [6.45, 7) is 9.32. The molecule has 1 aromatic carbocycles. The molecule has 1 aromatic rings. The fraction of sp³-hybridized carbons (Fsp3) is 0.538. The minimum Gasteiger partial charge on any atom is -0.384 e. The Morgan fingerprint density at radius 2 is 1.87 bits per heavy atom. The van der Waals surface area contributed by atoms with E-state index in [1.807, 2.05) is 0 Å². The Labute approximate surface area is 91.6 Å². The maximum Gasteiger partial charge on any atom is 0.0559 e. The SMILES string of the molecule is Cc1cccc(C)c1NCC1(C)COC1. The fourth-order valence-corrected chi connectivity index (χ4v) is 1.95. The van der Waals surface area contributed by atoms with Crippen LogP contribution in [0, 0.1) is 19.3 Å². The van der Waals surface area contributed by atoms with E-state index in [4.69, 9.17) is 4.74 Å². The lowest BCUT2D eigenvalue weighted by Crippen LogP contribution is -2.45. The Kier molecular flexibility index (Phi) is 2.70. The summed E-state index contributed by atoms with van der Waals surface area (Å²) in [6, 6.07) is 6.40. The van der Waals surface area contributed by atoms with Gasteiger partial charge in [-0.3, -0.25) is 0 Å². The quantitative estimate of drug-likeness (QED) is 0.819. The van der Waals surface area contributed by atoms with Crippen LogP contribution in [0.15, 0.2) is 18.2 Å². The number of hydrogen-bond acceptors (Lipinski definition) is 2. The molecule has 0 aromatic heterocycles. The Hall–Kier alpha value is -1.02. The van der Waals surface area contributed by atoms with Crippen LogP contribution in [-0.4, -0.2) is 19.8 Å². The van der Waals surface area contributed by atoms with Crippen LogP contribution in [0.25, 0.3) is 0 Å². The standard InChI is InChI=1S/C13H19NO/c1-10-5-4-6-11(2)12(10)14-7-13(3)8-15-9-13/h4-6,14H,7-9H2,1-3H3. The Bertz CT molecular complexity index is 335. The lowest BCUT2D eigenvalue weighted by Gasteiger charge is -2.38. The summed E-state index contributed by atoms with van der Waals surface area (Å²) in [4.78, 5) is 0. The van der Waals surface area contributed by atoms with Crippen LogP contribution in [0.4, 0.5) is 5.69 Å². The van der Waals surface area contributed by atoms with E-state index in [9.17, 15) is 0 Å². The molecule has 1 saturated heterocycles.